The average Bonchev–Trinajstić information content (AvgIpc) is 2.91. The lowest BCUT2D eigenvalue weighted by molar-refractivity contribution is 0.0597. The van der Waals surface area contributed by atoms with Gasteiger partial charge in [0, 0.05) is 6.07 Å². The molecule has 2 aromatic carbocycles. The predicted octanol–water partition coefficient (Wildman–Crippen LogP) is 2.85. The number of carbonyl (C=O) groups is 1. The van der Waals surface area contributed by atoms with Gasteiger partial charge in [-0.1, -0.05) is 23.7 Å². The zero-order valence-corrected chi connectivity index (χ0v) is 12.8. The third-order valence-electron chi connectivity index (χ3n) is 3.32. The van der Waals surface area contributed by atoms with Crippen molar-refractivity contribution in [3.8, 4) is 11.4 Å². The van der Waals surface area contributed by atoms with Crippen molar-refractivity contribution in [3.63, 3.8) is 0 Å². The van der Waals surface area contributed by atoms with E-state index in [4.69, 9.17) is 9.47 Å². The molecular weight excluding hydrogens is 302 g/mol. The molecule has 6 heteroatoms. The monoisotopic (exact) mass is 315 g/mol. The quantitative estimate of drug-likeness (QED) is 0.697. The van der Waals surface area contributed by atoms with Crippen LogP contribution in [0.4, 0.5) is 0 Å². The number of ether oxygens (including phenoxy) is 2. The lowest BCUT2D eigenvalue weighted by atomic mass is 10.2. The summed E-state index contributed by atoms with van der Waals surface area (Å²) in [4.78, 5) is 24.1. The maximum absolute atomic E-state index is 12.4. The number of nitrogens with zero attached hydrogens (tertiary/aromatic N) is 1. The van der Waals surface area contributed by atoms with Gasteiger partial charge in [-0.2, -0.15) is 0 Å². The maximum atomic E-state index is 12.4. The number of rotatable bonds is 3. The van der Waals surface area contributed by atoms with Crippen LogP contribution >= 0.6 is 11.5 Å². The average molecular weight is 315 g/mol. The molecule has 0 saturated carbocycles. The summed E-state index contributed by atoms with van der Waals surface area (Å²) in [5.74, 6) is -0.110. The lowest BCUT2D eigenvalue weighted by Crippen LogP contribution is -2.11. The van der Waals surface area contributed by atoms with Crippen molar-refractivity contribution < 1.29 is 14.3 Å². The van der Waals surface area contributed by atoms with Gasteiger partial charge in [0.1, 0.15) is 11.3 Å². The number of aromatic nitrogens is 1. The van der Waals surface area contributed by atoms with Crippen LogP contribution in [0.2, 0.25) is 0 Å². The van der Waals surface area contributed by atoms with Crippen LogP contribution < -0.4 is 10.3 Å². The number of fused-ring (bicyclic) bond motifs is 1. The van der Waals surface area contributed by atoms with Crippen LogP contribution in [-0.2, 0) is 4.74 Å². The molecule has 0 radical (unpaired) electrons. The highest BCUT2D eigenvalue weighted by Crippen LogP contribution is 2.25. The van der Waals surface area contributed by atoms with Crippen molar-refractivity contribution in [2.75, 3.05) is 14.2 Å². The molecule has 0 saturated heterocycles. The summed E-state index contributed by atoms with van der Waals surface area (Å²) in [6.07, 6.45) is 0. The van der Waals surface area contributed by atoms with E-state index in [1.54, 1.807) is 28.2 Å². The van der Waals surface area contributed by atoms with Gasteiger partial charge in [-0.25, -0.2) is 8.75 Å². The fourth-order valence-corrected chi connectivity index (χ4v) is 3.22. The van der Waals surface area contributed by atoms with Gasteiger partial charge in [0.2, 0.25) is 0 Å². The van der Waals surface area contributed by atoms with Gasteiger partial charge in [-0.05, 0) is 24.3 Å². The minimum atomic E-state index is -0.480. The smallest absolute Gasteiger partial charge is 0.341 e. The molecular formula is C16H13NO4S. The van der Waals surface area contributed by atoms with Crippen molar-refractivity contribution in [2.24, 2.45) is 0 Å². The second-order valence-corrected chi connectivity index (χ2v) is 5.55. The Balaban J connectivity index is 2.17. The second-order valence-electron chi connectivity index (χ2n) is 4.56. The van der Waals surface area contributed by atoms with E-state index < -0.39 is 5.97 Å². The first-order chi connectivity index (χ1) is 10.7. The third kappa shape index (κ3) is 2.27. The van der Waals surface area contributed by atoms with Crippen molar-refractivity contribution in [1.82, 2.24) is 3.96 Å². The predicted molar refractivity (Wildman–Crippen MR) is 85.3 cm³/mol. The molecule has 0 fully saturated rings. The highest BCUT2D eigenvalue weighted by molar-refractivity contribution is 7.14. The molecule has 0 N–H and O–H groups in total. The highest BCUT2D eigenvalue weighted by atomic mass is 32.1. The topological polar surface area (TPSA) is 57.5 Å². The largest absolute Gasteiger partial charge is 0.496 e. The van der Waals surface area contributed by atoms with Gasteiger partial charge in [0.15, 0.2) is 0 Å². The summed E-state index contributed by atoms with van der Waals surface area (Å²) in [6, 6.07) is 12.4. The molecule has 0 atom stereocenters. The van der Waals surface area contributed by atoms with Gasteiger partial charge < -0.3 is 9.47 Å². The van der Waals surface area contributed by atoms with Crippen molar-refractivity contribution in [2.45, 2.75) is 0 Å². The summed E-state index contributed by atoms with van der Waals surface area (Å²) in [5.41, 5.74) is 0.882. The van der Waals surface area contributed by atoms with Crippen LogP contribution in [0, 0.1) is 0 Å². The number of hydrogen-bond donors (Lipinski definition) is 0. The molecule has 0 amide bonds. The Labute approximate surface area is 130 Å². The first kappa shape index (κ1) is 14.3. The summed E-state index contributed by atoms with van der Waals surface area (Å²) < 4.78 is 12.4. The Morgan fingerprint density at radius 2 is 1.91 bits per heavy atom. The SMILES string of the molecule is COC(=O)c1ccc(-n2sc3ccccc3c2=O)cc1OC. The van der Waals surface area contributed by atoms with E-state index in [2.05, 4.69) is 0 Å². The number of benzene rings is 2. The fourth-order valence-electron chi connectivity index (χ4n) is 2.23. The van der Waals surface area contributed by atoms with E-state index in [1.807, 2.05) is 18.2 Å². The van der Waals surface area contributed by atoms with Crippen LogP contribution in [0.15, 0.2) is 47.3 Å². The van der Waals surface area contributed by atoms with Gasteiger partial charge in [0.25, 0.3) is 5.56 Å². The standard InChI is InChI=1S/C16H13NO4S/c1-20-13-9-10(7-8-11(13)16(19)21-2)17-15(18)12-5-3-4-6-14(12)22-17/h3-9H,1-2H3. The number of methoxy groups -OCH3 is 2. The molecule has 0 unspecified atom stereocenters. The summed E-state index contributed by atoms with van der Waals surface area (Å²) in [6.45, 7) is 0. The van der Waals surface area contributed by atoms with E-state index in [0.717, 1.165) is 4.70 Å². The second kappa shape index (κ2) is 5.65. The first-order valence-corrected chi connectivity index (χ1v) is 7.31. The van der Waals surface area contributed by atoms with Crippen molar-refractivity contribution >= 4 is 27.6 Å². The maximum Gasteiger partial charge on any atom is 0.341 e. The van der Waals surface area contributed by atoms with E-state index >= 15 is 0 Å². The number of carbonyl (C=O) groups excluding carboxylic acids is 1. The van der Waals surface area contributed by atoms with Crippen LogP contribution in [-0.4, -0.2) is 24.1 Å². The molecule has 0 bridgehead atoms. The van der Waals surface area contributed by atoms with Crippen LogP contribution in [0.3, 0.4) is 0 Å². The Hall–Kier alpha value is -2.60. The van der Waals surface area contributed by atoms with Gasteiger partial charge in [-0.15, -0.1) is 0 Å². The van der Waals surface area contributed by atoms with Gasteiger partial charge >= 0.3 is 5.97 Å². The van der Waals surface area contributed by atoms with E-state index in [-0.39, 0.29) is 5.56 Å². The van der Waals surface area contributed by atoms with Crippen molar-refractivity contribution in [3.05, 3.63) is 58.4 Å². The highest BCUT2D eigenvalue weighted by Gasteiger charge is 2.15. The normalized spacial score (nSPS) is 10.6. The van der Waals surface area contributed by atoms with Gasteiger partial charge in [-0.3, -0.25) is 4.79 Å². The Bertz CT molecular complexity index is 910. The summed E-state index contributed by atoms with van der Waals surface area (Å²) in [7, 11) is 2.78. The van der Waals surface area contributed by atoms with Crippen molar-refractivity contribution in [1.29, 1.82) is 0 Å². The minimum absolute atomic E-state index is 0.0894. The number of esters is 1. The molecule has 5 nitrogen and oxygen atoms in total. The Morgan fingerprint density at radius 3 is 2.59 bits per heavy atom. The zero-order chi connectivity index (χ0) is 15.7. The molecule has 0 aliphatic rings. The first-order valence-electron chi connectivity index (χ1n) is 6.53. The third-order valence-corrected chi connectivity index (χ3v) is 4.43. The van der Waals surface area contributed by atoms with Gasteiger partial charge in [0.05, 0.1) is 30.0 Å². The van der Waals surface area contributed by atoms with Crippen LogP contribution in [0.25, 0.3) is 15.8 Å². The van der Waals surface area contributed by atoms with E-state index in [9.17, 15) is 9.59 Å². The van der Waals surface area contributed by atoms with Crippen LogP contribution in [0.1, 0.15) is 10.4 Å². The molecule has 0 aliphatic heterocycles. The fraction of sp³-hybridized carbons (Fsp3) is 0.125. The summed E-state index contributed by atoms with van der Waals surface area (Å²) in [5, 5.41) is 0.670. The van der Waals surface area contributed by atoms with E-state index in [0.29, 0.717) is 22.4 Å². The molecule has 3 rings (SSSR count). The summed E-state index contributed by atoms with van der Waals surface area (Å²) >= 11 is 1.35. The molecule has 3 aromatic rings. The van der Waals surface area contributed by atoms with Crippen LogP contribution in [0.5, 0.6) is 5.75 Å². The molecule has 0 spiro atoms. The minimum Gasteiger partial charge on any atom is -0.496 e. The zero-order valence-electron chi connectivity index (χ0n) is 12.0. The molecule has 22 heavy (non-hydrogen) atoms. The lowest BCUT2D eigenvalue weighted by Gasteiger charge is -2.09. The Morgan fingerprint density at radius 1 is 1.14 bits per heavy atom. The number of hydrogen-bond acceptors (Lipinski definition) is 5. The van der Waals surface area contributed by atoms with E-state index in [1.165, 1.54) is 25.8 Å². The molecule has 1 aromatic heterocycles. The Kier molecular flexibility index (Phi) is 3.68. The molecule has 1 heterocycles. The molecule has 0 aliphatic carbocycles. The molecule has 112 valence electrons.